The van der Waals surface area contributed by atoms with Crippen molar-refractivity contribution in [2.45, 2.75) is 25.4 Å². The van der Waals surface area contributed by atoms with Crippen LogP contribution in [0.15, 0.2) is 18.2 Å². The molecule has 0 aliphatic carbocycles. The largest absolute Gasteiger partial charge is 0.399 e. The van der Waals surface area contributed by atoms with Gasteiger partial charge in [0.05, 0.1) is 23.5 Å². The Bertz CT molecular complexity index is 694. The molecule has 1 aromatic carbocycles. The summed E-state index contributed by atoms with van der Waals surface area (Å²) in [5, 5.41) is 2.98. The van der Waals surface area contributed by atoms with Gasteiger partial charge in [0, 0.05) is 18.3 Å². The van der Waals surface area contributed by atoms with E-state index >= 15 is 0 Å². The van der Waals surface area contributed by atoms with Crippen molar-refractivity contribution < 1.29 is 4.79 Å². The standard InChI is InChI=1S/C15H19N5O/c16-9-3-4-11-12(6-9)19-14(18-11)8-20-5-1-2-10-13(20)7-17-15(10)21/h3-4,6,10,13H,1-2,5,7-8,16H2,(H,17,21)(H,18,19). The molecule has 0 radical (unpaired) electrons. The number of H-pyrrole nitrogens is 1. The molecule has 0 bridgehead atoms. The summed E-state index contributed by atoms with van der Waals surface area (Å²) in [6, 6.07) is 6.02. The molecule has 4 N–H and O–H groups in total. The molecule has 1 aromatic heterocycles. The molecule has 2 aliphatic heterocycles. The Kier molecular flexibility index (Phi) is 2.85. The zero-order valence-electron chi connectivity index (χ0n) is 11.8. The number of rotatable bonds is 2. The van der Waals surface area contributed by atoms with E-state index in [9.17, 15) is 4.79 Å². The number of benzene rings is 1. The maximum Gasteiger partial charge on any atom is 0.224 e. The SMILES string of the molecule is Nc1ccc2nc(CN3CCCC4C(=O)NCC43)[nH]c2c1. The van der Waals surface area contributed by atoms with Gasteiger partial charge in [-0.05, 0) is 37.6 Å². The van der Waals surface area contributed by atoms with Gasteiger partial charge >= 0.3 is 0 Å². The van der Waals surface area contributed by atoms with Gasteiger partial charge in [0.15, 0.2) is 0 Å². The van der Waals surface area contributed by atoms with Crippen LogP contribution in [-0.4, -0.2) is 39.9 Å². The first kappa shape index (κ1) is 12.6. The highest BCUT2D eigenvalue weighted by atomic mass is 16.2. The van der Waals surface area contributed by atoms with Gasteiger partial charge in [-0.25, -0.2) is 4.98 Å². The van der Waals surface area contributed by atoms with Crippen LogP contribution in [0.3, 0.4) is 0 Å². The Labute approximate surface area is 122 Å². The van der Waals surface area contributed by atoms with E-state index in [4.69, 9.17) is 5.73 Å². The molecule has 2 unspecified atom stereocenters. The third-order valence-corrected chi connectivity index (χ3v) is 4.62. The number of nitrogens with one attached hydrogen (secondary N) is 2. The molecule has 21 heavy (non-hydrogen) atoms. The van der Waals surface area contributed by atoms with Crippen LogP contribution in [0.2, 0.25) is 0 Å². The zero-order valence-corrected chi connectivity index (χ0v) is 11.8. The van der Waals surface area contributed by atoms with Crippen molar-refractivity contribution in [2.75, 3.05) is 18.8 Å². The second-order valence-corrected chi connectivity index (χ2v) is 5.99. The highest BCUT2D eigenvalue weighted by Gasteiger charge is 2.40. The topological polar surface area (TPSA) is 87.0 Å². The van der Waals surface area contributed by atoms with E-state index in [1.54, 1.807) is 0 Å². The third-order valence-electron chi connectivity index (χ3n) is 4.62. The average molecular weight is 285 g/mol. The van der Waals surface area contributed by atoms with Crippen molar-refractivity contribution in [2.24, 2.45) is 5.92 Å². The van der Waals surface area contributed by atoms with Crippen LogP contribution in [0.25, 0.3) is 11.0 Å². The van der Waals surface area contributed by atoms with Gasteiger partial charge in [0.1, 0.15) is 5.82 Å². The highest BCUT2D eigenvalue weighted by Crippen LogP contribution is 2.28. The molecule has 1 amide bonds. The van der Waals surface area contributed by atoms with E-state index in [0.717, 1.165) is 55.0 Å². The highest BCUT2D eigenvalue weighted by molar-refractivity contribution is 5.82. The summed E-state index contributed by atoms with van der Waals surface area (Å²) in [6.07, 6.45) is 2.07. The van der Waals surface area contributed by atoms with E-state index in [1.807, 2.05) is 18.2 Å². The molecule has 2 atom stereocenters. The van der Waals surface area contributed by atoms with E-state index in [-0.39, 0.29) is 11.8 Å². The Morgan fingerprint density at radius 3 is 3.24 bits per heavy atom. The summed E-state index contributed by atoms with van der Waals surface area (Å²) >= 11 is 0. The third kappa shape index (κ3) is 2.15. The molecule has 2 fully saturated rings. The number of piperidine rings is 1. The number of nitrogen functional groups attached to an aromatic ring is 1. The average Bonchev–Trinajstić information content (AvgIpc) is 3.03. The molecule has 4 rings (SSSR count). The molecule has 2 aliphatic rings. The number of nitrogens with two attached hydrogens (primary N) is 1. The summed E-state index contributed by atoms with van der Waals surface area (Å²) in [4.78, 5) is 22.1. The minimum Gasteiger partial charge on any atom is -0.399 e. The fraction of sp³-hybridized carbons (Fsp3) is 0.467. The molecule has 6 heteroatoms. The Hall–Kier alpha value is -2.08. The van der Waals surface area contributed by atoms with Gasteiger partial charge in [-0.15, -0.1) is 0 Å². The number of carbonyl (C=O) groups excluding carboxylic acids is 1. The second-order valence-electron chi connectivity index (χ2n) is 5.99. The summed E-state index contributed by atoms with van der Waals surface area (Å²) < 4.78 is 0. The van der Waals surface area contributed by atoms with E-state index < -0.39 is 0 Å². The number of imidazole rings is 1. The normalized spacial score (nSPS) is 26.0. The minimum absolute atomic E-state index is 0.152. The number of fused-ring (bicyclic) bond motifs is 2. The van der Waals surface area contributed by atoms with Crippen molar-refractivity contribution in [1.29, 1.82) is 0 Å². The Balaban J connectivity index is 1.57. The van der Waals surface area contributed by atoms with Crippen LogP contribution in [0, 0.1) is 5.92 Å². The molecule has 2 saturated heterocycles. The van der Waals surface area contributed by atoms with Gasteiger partial charge in [0.25, 0.3) is 0 Å². The summed E-state index contributed by atoms with van der Waals surface area (Å²) in [7, 11) is 0. The molecule has 2 aromatic rings. The number of aromatic amines is 1. The van der Waals surface area contributed by atoms with Gasteiger partial charge in [0.2, 0.25) is 5.91 Å². The van der Waals surface area contributed by atoms with Crippen LogP contribution in [0.5, 0.6) is 0 Å². The van der Waals surface area contributed by atoms with Gasteiger partial charge in [-0.3, -0.25) is 9.69 Å². The van der Waals surface area contributed by atoms with E-state index in [0.29, 0.717) is 6.04 Å². The first-order chi connectivity index (χ1) is 10.2. The van der Waals surface area contributed by atoms with Crippen LogP contribution in [0.1, 0.15) is 18.7 Å². The Morgan fingerprint density at radius 1 is 1.43 bits per heavy atom. The molecular weight excluding hydrogens is 266 g/mol. The number of carbonyl (C=O) groups is 1. The summed E-state index contributed by atoms with van der Waals surface area (Å²) in [6.45, 7) is 2.54. The lowest BCUT2D eigenvalue weighted by molar-refractivity contribution is -0.124. The van der Waals surface area contributed by atoms with Crippen molar-refractivity contribution in [3.8, 4) is 0 Å². The number of hydrogen-bond donors (Lipinski definition) is 3. The van der Waals surface area contributed by atoms with Crippen molar-refractivity contribution in [1.82, 2.24) is 20.2 Å². The molecule has 6 nitrogen and oxygen atoms in total. The minimum atomic E-state index is 0.152. The second kappa shape index (κ2) is 4.73. The van der Waals surface area contributed by atoms with Crippen molar-refractivity contribution in [3.05, 3.63) is 24.0 Å². The number of anilines is 1. The quantitative estimate of drug-likeness (QED) is 0.714. The predicted molar refractivity (Wildman–Crippen MR) is 80.4 cm³/mol. The fourth-order valence-corrected chi connectivity index (χ4v) is 3.58. The van der Waals surface area contributed by atoms with Gasteiger partial charge in [-0.2, -0.15) is 0 Å². The Morgan fingerprint density at radius 2 is 2.33 bits per heavy atom. The monoisotopic (exact) mass is 285 g/mol. The molecule has 0 saturated carbocycles. The van der Waals surface area contributed by atoms with E-state index in [2.05, 4.69) is 20.2 Å². The molecule has 110 valence electrons. The molecule has 0 spiro atoms. The van der Waals surface area contributed by atoms with Crippen molar-refractivity contribution >= 4 is 22.6 Å². The van der Waals surface area contributed by atoms with Crippen LogP contribution < -0.4 is 11.1 Å². The lowest BCUT2D eigenvalue weighted by Gasteiger charge is -2.35. The first-order valence-corrected chi connectivity index (χ1v) is 7.46. The van der Waals surface area contributed by atoms with Crippen molar-refractivity contribution in [3.63, 3.8) is 0 Å². The number of likely N-dealkylation sites (tertiary alicyclic amines) is 1. The number of nitrogens with zero attached hydrogens (tertiary/aromatic N) is 2. The van der Waals surface area contributed by atoms with E-state index in [1.165, 1.54) is 0 Å². The zero-order chi connectivity index (χ0) is 14.4. The number of hydrogen-bond acceptors (Lipinski definition) is 4. The lowest BCUT2D eigenvalue weighted by atomic mass is 9.91. The maximum absolute atomic E-state index is 11.8. The van der Waals surface area contributed by atoms with Crippen LogP contribution >= 0.6 is 0 Å². The smallest absolute Gasteiger partial charge is 0.224 e. The fourth-order valence-electron chi connectivity index (χ4n) is 3.58. The molecule has 3 heterocycles. The van der Waals surface area contributed by atoms with Crippen LogP contribution in [0.4, 0.5) is 5.69 Å². The summed E-state index contributed by atoms with van der Waals surface area (Å²) in [5.74, 6) is 1.30. The summed E-state index contributed by atoms with van der Waals surface area (Å²) in [5.41, 5.74) is 8.45. The number of aromatic nitrogens is 2. The van der Waals surface area contributed by atoms with Gasteiger partial charge < -0.3 is 16.0 Å². The van der Waals surface area contributed by atoms with Crippen LogP contribution in [-0.2, 0) is 11.3 Å². The first-order valence-electron chi connectivity index (χ1n) is 7.46. The lowest BCUT2D eigenvalue weighted by Crippen LogP contribution is -2.45. The predicted octanol–water partition coefficient (Wildman–Crippen LogP) is 0.855. The maximum atomic E-state index is 11.8. The van der Waals surface area contributed by atoms with Gasteiger partial charge in [-0.1, -0.05) is 0 Å². The number of amides is 1. The molecular formula is C15H19N5O.